The van der Waals surface area contributed by atoms with Crippen molar-refractivity contribution < 1.29 is 5.11 Å². The van der Waals surface area contributed by atoms with Gasteiger partial charge >= 0.3 is 0 Å². The summed E-state index contributed by atoms with van der Waals surface area (Å²) in [6.45, 7) is 2.02. The van der Waals surface area contributed by atoms with Crippen LogP contribution in [0.15, 0.2) is 12.4 Å². The molecule has 1 heterocycles. The SMILES string of the molecule is CCC(CO)Nc1cnc(C#N)cn1. The van der Waals surface area contributed by atoms with E-state index in [-0.39, 0.29) is 18.3 Å². The molecule has 0 aliphatic heterocycles. The van der Waals surface area contributed by atoms with Crippen LogP contribution in [0.5, 0.6) is 0 Å². The Morgan fingerprint density at radius 3 is 2.79 bits per heavy atom. The number of hydrogen-bond acceptors (Lipinski definition) is 5. The van der Waals surface area contributed by atoms with E-state index in [1.54, 1.807) is 0 Å². The Morgan fingerprint density at radius 1 is 1.57 bits per heavy atom. The highest BCUT2D eigenvalue weighted by Gasteiger charge is 2.04. The molecule has 0 spiro atoms. The van der Waals surface area contributed by atoms with Gasteiger partial charge in [0, 0.05) is 0 Å². The molecule has 5 nitrogen and oxygen atoms in total. The molecule has 0 radical (unpaired) electrons. The first-order valence-electron chi connectivity index (χ1n) is 4.39. The predicted octanol–water partition coefficient (Wildman–Crippen LogP) is 0.531. The van der Waals surface area contributed by atoms with E-state index in [0.717, 1.165) is 6.42 Å². The van der Waals surface area contributed by atoms with Crippen molar-refractivity contribution in [2.75, 3.05) is 11.9 Å². The van der Waals surface area contributed by atoms with Gasteiger partial charge in [0.1, 0.15) is 11.9 Å². The van der Waals surface area contributed by atoms with Crippen LogP contribution in [-0.2, 0) is 0 Å². The Kier molecular flexibility index (Phi) is 3.83. The van der Waals surface area contributed by atoms with Gasteiger partial charge in [0.05, 0.1) is 25.0 Å². The highest BCUT2D eigenvalue weighted by molar-refractivity contribution is 5.34. The van der Waals surface area contributed by atoms with Gasteiger partial charge in [-0.15, -0.1) is 0 Å². The Balaban J connectivity index is 2.64. The molecule has 0 fully saturated rings. The van der Waals surface area contributed by atoms with E-state index in [0.29, 0.717) is 5.82 Å². The van der Waals surface area contributed by atoms with E-state index in [4.69, 9.17) is 10.4 Å². The Hall–Kier alpha value is -1.67. The third kappa shape index (κ3) is 2.68. The molecule has 0 saturated carbocycles. The van der Waals surface area contributed by atoms with E-state index in [1.165, 1.54) is 12.4 Å². The fraction of sp³-hybridized carbons (Fsp3) is 0.444. The van der Waals surface area contributed by atoms with Crippen molar-refractivity contribution >= 4 is 5.82 Å². The number of hydrogen-bond donors (Lipinski definition) is 2. The second-order valence-electron chi connectivity index (χ2n) is 2.83. The van der Waals surface area contributed by atoms with Crippen LogP contribution in [0.25, 0.3) is 0 Å². The van der Waals surface area contributed by atoms with Crippen LogP contribution in [0.3, 0.4) is 0 Å². The van der Waals surface area contributed by atoms with E-state index < -0.39 is 0 Å². The lowest BCUT2D eigenvalue weighted by atomic mass is 10.2. The summed E-state index contributed by atoms with van der Waals surface area (Å²) in [5, 5.41) is 20.4. The second kappa shape index (κ2) is 5.14. The molecule has 1 atom stereocenters. The monoisotopic (exact) mass is 192 g/mol. The molecule has 1 unspecified atom stereocenters. The second-order valence-corrected chi connectivity index (χ2v) is 2.83. The first-order valence-corrected chi connectivity index (χ1v) is 4.39. The van der Waals surface area contributed by atoms with Gasteiger partial charge in [0.25, 0.3) is 0 Å². The molecule has 5 heteroatoms. The molecule has 1 aromatic rings. The molecular formula is C9H12N4O. The van der Waals surface area contributed by atoms with Crippen LogP contribution in [0.2, 0.25) is 0 Å². The highest BCUT2D eigenvalue weighted by Crippen LogP contribution is 2.04. The van der Waals surface area contributed by atoms with Crippen molar-refractivity contribution in [3.05, 3.63) is 18.1 Å². The van der Waals surface area contributed by atoms with Crippen LogP contribution >= 0.6 is 0 Å². The molecular weight excluding hydrogens is 180 g/mol. The molecule has 1 aromatic heterocycles. The molecule has 0 aliphatic rings. The summed E-state index contributed by atoms with van der Waals surface area (Å²) >= 11 is 0. The maximum Gasteiger partial charge on any atom is 0.158 e. The van der Waals surface area contributed by atoms with Crippen LogP contribution in [-0.4, -0.2) is 27.7 Å². The lowest BCUT2D eigenvalue weighted by Crippen LogP contribution is -2.23. The van der Waals surface area contributed by atoms with Crippen LogP contribution in [0.4, 0.5) is 5.82 Å². The summed E-state index contributed by atoms with van der Waals surface area (Å²) in [5.41, 5.74) is 0.285. The van der Waals surface area contributed by atoms with Gasteiger partial charge in [-0.1, -0.05) is 6.92 Å². The van der Waals surface area contributed by atoms with Gasteiger partial charge in [0.2, 0.25) is 0 Å². The fourth-order valence-corrected chi connectivity index (χ4v) is 0.946. The minimum Gasteiger partial charge on any atom is -0.394 e. The van der Waals surface area contributed by atoms with E-state index in [1.807, 2.05) is 13.0 Å². The number of anilines is 1. The molecule has 0 aromatic carbocycles. The largest absolute Gasteiger partial charge is 0.394 e. The first-order chi connectivity index (χ1) is 6.80. The standard InChI is InChI=1S/C9H12N4O/c1-2-7(6-14)13-9-5-11-8(3-10)4-12-9/h4-5,7,14H,2,6H2,1H3,(H,12,13). The zero-order chi connectivity index (χ0) is 10.4. The summed E-state index contributed by atoms with van der Waals surface area (Å²) in [5.74, 6) is 0.574. The van der Waals surface area contributed by atoms with Crippen molar-refractivity contribution in [2.24, 2.45) is 0 Å². The van der Waals surface area contributed by atoms with Gasteiger partial charge in [-0.25, -0.2) is 9.97 Å². The first kappa shape index (κ1) is 10.4. The minimum absolute atomic E-state index is 0.0164. The Morgan fingerprint density at radius 2 is 2.36 bits per heavy atom. The number of nitrogens with one attached hydrogen (secondary N) is 1. The maximum absolute atomic E-state index is 8.93. The van der Waals surface area contributed by atoms with Crippen LogP contribution < -0.4 is 5.32 Å². The topological polar surface area (TPSA) is 81.8 Å². The third-order valence-corrected chi connectivity index (χ3v) is 1.83. The molecule has 74 valence electrons. The Labute approximate surface area is 82.4 Å². The molecule has 1 rings (SSSR count). The lowest BCUT2D eigenvalue weighted by Gasteiger charge is -2.13. The van der Waals surface area contributed by atoms with Crippen molar-refractivity contribution in [3.8, 4) is 6.07 Å². The number of nitriles is 1. The van der Waals surface area contributed by atoms with Crippen LogP contribution in [0.1, 0.15) is 19.0 Å². The fourth-order valence-electron chi connectivity index (χ4n) is 0.946. The molecule has 0 saturated heterocycles. The van der Waals surface area contributed by atoms with E-state index in [2.05, 4.69) is 15.3 Å². The average Bonchev–Trinajstić information content (AvgIpc) is 2.26. The summed E-state index contributed by atoms with van der Waals surface area (Å²) in [7, 11) is 0. The van der Waals surface area contributed by atoms with Gasteiger partial charge in [-0.2, -0.15) is 5.26 Å². The third-order valence-electron chi connectivity index (χ3n) is 1.83. The summed E-state index contributed by atoms with van der Waals surface area (Å²) in [6, 6.07) is 1.87. The number of rotatable bonds is 4. The minimum atomic E-state index is -0.0164. The highest BCUT2D eigenvalue weighted by atomic mass is 16.3. The summed E-state index contributed by atoms with van der Waals surface area (Å²) in [6.07, 6.45) is 3.68. The smallest absolute Gasteiger partial charge is 0.158 e. The lowest BCUT2D eigenvalue weighted by molar-refractivity contribution is 0.271. The molecule has 0 amide bonds. The zero-order valence-corrected chi connectivity index (χ0v) is 7.94. The van der Waals surface area contributed by atoms with Crippen molar-refractivity contribution in [1.29, 1.82) is 5.26 Å². The predicted molar refractivity (Wildman–Crippen MR) is 51.5 cm³/mol. The van der Waals surface area contributed by atoms with Crippen LogP contribution in [0, 0.1) is 11.3 Å². The summed E-state index contributed by atoms with van der Waals surface area (Å²) in [4.78, 5) is 7.83. The quantitative estimate of drug-likeness (QED) is 0.727. The van der Waals surface area contributed by atoms with Gasteiger partial charge in [-0.3, -0.25) is 0 Å². The maximum atomic E-state index is 8.93. The molecule has 0 aliphatic carbocycles. The van der Waals surface area contributed by atoms with Gasteiger partial charge in [0.15, 0.2) is 5.69 Å². The zero-order valence-electron chi connectivity index (χ0n) is 7.94. The van der Waals surface area contributed by atoms with E-state index >= 15 is 0 Å². The summed E-state index contributed by atoms with van der Waals surface area (Å²) < 4.78 is 0. The number of aliphatic hydroxyl groups is 1. The molecule has 0 bridgehead atoms. The van der Waals surface area contributed by atoms with E-state index in [9.17, 15) is 0 Å². The van der Waals surface area contributed by atoms with Crippen molar-refractivity contribution in [2.45, 2.75) is 19.4 Å². The number of aromatic nitrogens is 2. The molecule has 14 heavy (non-hydrogen) atoms. The average molecular weight is 192 g/mol. The number of aliphatic hydroxyl groups excluding tert-OH is 1. The molecule has 2 N–H and O–H groups in total. The normalized spacial score (nSPS) is 11.8. The number of nitrogens with zero attached hydrogens (tertiary/aromatic N) is 3. The van der Waals surface area contributed by atoms with Crippen molar-refractivity contribution in [1.82, 2.24) is 9.97 Å². The van der Waals surface area contributed by atoms with Gasteiger partial charge < -0.3 is 10.4 Å². The Bertz CT molecular complexity index is 313. The van der Waals surface area contributed by atoms with Crippen molar-refractivity contribution in [3.63, 3.8) is 0 Å². The van der Waals surface area contributed by atoms with Gasteiger partial charge in [-0.05, 0) is 6.42 Å².